The highest BCUT2D eigenvalue weighted by atomic mass is 16.7. The first-order valence-corrected chi connectivity index (χ1v) is 8.30. The highest BCUT2D eigenvalue weighted by Gasteiger charge is 2.39. The first kappa shape index (κ1) is 16.1. The topological polar surface area (TPSA) is 49.0 Å². The fourth-order valence-corrected chi connectivity index (χ4v) is 2.73. The summed E-state index contributed by atoms with van der Waals surface area (Å²) in [5.74, 6) is 1.54. The summed E-state index contributed by atoms with van der Waals surface area (Å²) in [7, 11) is 0. The minimum atomic E-state index is -0.327. The maximum atomic E-state index is 5.86. The van der Waals surface area contributed by atoms with Crippen LogP contribution in [-0.2, 0) is 9.57 Å². The summed E-state index contributed by atoms with van der Waals surface area (Å²) in [6.45, 7) is 8.10. The number of hydrogen-bond donors (Lipinski definition) is 1. The molecule has 1 N–H and O–H groups in total. The van der Waals surface area contributed by atoms with Crippen LogP contribution in [0.4, 0.5) is 0 Å². The van der Waals surface area contributed by atoms with Crippen molar-refractivity contribution in [2.45, 2.75) is 45.3 Å². The van der Waals surface area contributed by atoms with Crippen LogP contribution in [0.5, 0.6) is 11.5 Å². The van der Waals surface area contributed by atoms with Gasteiger partial charge in [0.1, 0.15) is 5.60 Å². The Morgan fingerprint density at radius 1 is 1.30 bits per heavy atom. The van der Waals surface area contributed by atoms with Gasteiger partial charge in [0.25, 0.3) is 0 Å². The zero-order valence-electron chi connectivity index (χ0n) is 14.1. The van der Waals surface area contributed by atoms with Crippen LogP contribution in [0.2, 0.25) is 0 Å². The van der Waals surface area contributed by atoms with E-state index < -0.39 is 0 Å². The summed E-state index contributed by atoms with van der Waals surface area (Å²) >= 11 is 0. The van der Waals surface area contributed by atoms with Crippen LogP contribution in [0.25, 0.3) is 5.70 Å². The van der Waals surface area contributed by atoms with Gasteiger partial charge in [-0.25, -0.2) is 0 Å². The van der Waals surface area contributed by atoms with Crippen molar-refractivity contribution in [1.82, 2.24) is 5.48 Å². The predicted molar refractivity (Wildman–Crippen MR) is 88.4 cm³/mol. The molecule has 2 heterocycles. The van der Waals surface area contributed by atoms with Gasteiger partial charge in [-0.15, -0.1) is 0 Å². The molecule has 0 aromatic heterocycles. The summed E-state index contributed by atoms with van der Waals surface area (Å²) in [4.78, 5) is 5.74. The van der Waals surface area contributed by atoms with Crippen molar-refractivity contribution in [3.63, 3.8) is 0 Å². The number of rotatable bonds is 6. The third kappa shape index (κ3) is 3.62. The van der Waals surface area contributed by atoms with Gasteiger partial charge in [0.15, 0.2) is 11.5 Å². The minimum Gasteiger partial charge on any atom is -0.490 e. The van der Waals surface area contributed by atoms with E-state index in [0.29, 0.717) is 13.2 Å². The van der Waals surface area contributed by atoms with E-state index in [0.717, 1.165) is 42.2 Å². The zero-order chi connectivity index (χ0) is 16.3. The molecule has 1 aromatic carbocycles. The smallest absolute Gasteiger partial charge is 0.161 e. The lowest BCUT2D eigenvalue weighted by Crippen LogP contribution is -2.29. The molecule has 126 valence electrons. The van der Waals surface area contributed by atoms with Gasteiger partial charge in [-0.3, -0.25) is 10.3 Å². The van der Waals surface area contributed by atoms with Crippen molar-refractivity contribution in [1.29, 1.82) is 0 Å². The minimum absolute atomic E-state index is 0.107. The molecule has 0 radical (unpaired) electrons. The lowest BCUT2D eigenvalue weighted by atomic mass is 10.0. The molecule has 0 bridgehead atoms. The second kappa shape index (κ2) is 6.81. The van der Waals surface area contributed by atoms with E-state index in [-0.39, 0.29) is 11.7 Å². The molecule has 1 atom stereocenters. The van der Waals surface area contributed by atoms with Gasteiger partial charge >= 0.3 is 0 Å². The Bertz CT molecular complexity index is 576. The monoisotopic (exact) mass is 319 g/mol. The lowest BCUT2D eigenvalue weighted by molar-refractivity contribution is -0.0373. The lowest BCUT2D eigenvalue weighted by Gasteiger charge is -2.16. The molecular weight excluding hydrogens is 294 g/mol. The normalized spacial score (nSPS) is 23.2. The van der Waals surface area contributed by atoms with E-state index >= 15 is 0 Å². The molecule has 0 saturated carbocycles. The van der Waals surface area contributed by atoms with Crippen LogP contribution in [0.15, 0.2) is 24.3 Å². The average molecular weight is 319 g/mol. The van der Waals surface area contributed by atoms with Crippen molar-refractivity contribution in [3.8, 4) is 11.5 Å². The van der Waals surface area contributed by atoms with Gasteiger partial charge in [-0.2, -0.15) is 0 Å². The van der Waals surface area contributed by atoms with Gasteiger partial charge < -0.3 is 14.2 Å². The average Bonchev–Trinajstić information content (AvgIpc) is 3.16. The van der Waals surface area contributed by atoms with Crippen molar-refractivity contribution < 1.29 is 19.0 Å². The van der Waals surface area contributed by atoms with Crippen molar-refractivity contribution in [3.05, 3.63) is 29.8 Å². The van der Waals surface area contributed by atoms with Gasteiger partial charge in [-0.05, 0) is 44.5 Å². The molecule has 1 fully saturated rings. The summed E-state index contributed by atoms with van der Waals surface area (Å²) in [6, 6.07) is 5.98. The second-order valence-corrected chi connectivity index (χ2v) is 6.31. The number of benzene rings is 1. The molecule has 1 spiro atoms. The molecule has 1 saturated heterocycles. The van der Waals surface area contributed by atoms with E-state index in [1.807, 2.05) is 32.0 Å². The van der Waals surface area contributed by atoms with Gasteiger partial charge in [-0.1, -0.05) is 6.92 Å². The standard InChI is InChI=1S/C18H25NO4/c1-4-8-21-17-10-14(5-6-16(17)22-13(2)3)15-11-18(23-19-15)7-9-20-12-18/h5-6,10-11,13,19H,4,7-9,12H2,1-3H3. The molecule has 1 unspecified atom stereocenters. The second-order valence-electron chi connectivity index (χ2n) is 6.31. The van der Waals surface area contributed by atoms with Crippen molar-refractivity contribution in [2.24, 2.45) is 0 Å². The molecule has 5 nitrogen and oxygen atoms in total. The number of nitrogens with one attached hydrogen (secondary N) is 1. The highest BCUT2D eigenvalue weighted by Crippen LogP contribution is 2.36. The summed E-state index contributed by atoms with van der Waals surface area (Å²) in [6.07, 6.45) is 4.05. The Hall–Kier alpha value is -1.72. The van der Waals surface area contributed by atoms with Crippen molar-refractivity contribution in [2.75, 3.05) is 19.8 Å². The van der Waals surface area contributed by atoms with Crippen LogP contribution in [-0.4, -0.2) is 31.5 Å². The molecule has 2 aliphatic rings. The molecule has 2 aliphatic heterocycles. The maximum Gasteiger partial charge on any atom is 0.161 e. The Labute approximate surface area is 137 Å². The van der Waals surface area contributed by atoms with Crippen LogP contribution in [0.1, 0.15) is 39.2 Å². The molecule has 0 amide bonds. The van der Waals surface area contributed by atoms with E-state index in [2.05, 4.69) is 18.5 Å². The zero-order valence-corrected chi connectivity index (χ0v) is 14.1. The summed E-state index contributed by atoms with van der Waals surface area (Å²) in [5, 5.41) is 0. The third-order valence-electron chi connectivity index (χ3n) is 3.87. The Balaban J connectivity index is 1.85. The van der Waals surface area contributed by atoms with Crippen molar-refractivity contribution >= 4 is 5.70 Å². The van der Waals surface area contributed by atoms with E-state index in [4.69, 9.17) is 19.0 Å². The number of ether oxygens (including phenoxy) is 3. The molecule has 3 rings (SSSR count). The van der Waals surface area contributed by atoms with E-state index in [9.17, 15) is 0 Å². The third-order valence-corrected chi connectivity index (χ3v) is 3.87. The fraction of sp³-hybridized carbons (Fsp3) is 0.556. The molecule has 0 aliphatic carbocycles. The number of hydroxylamine groups is 1. The molecule has 1 aromatic rings. The van der Waals surface area contributed by atoms with Crippen LogP contribution in [0.3, 0.4) is 0 Å². The summed E-state index contributed by atoms with van der Waals surface area (Å²) in [5.41, 5.74) is 4.68. The quantitative estimate of drug-likeness (QED) is 0.872. The molecular formula is C18H25NO4. The number of hydrogen-bond acceptors (Lipinski definition) is 5. The first-order chi connectivity index (χ1) is 11.1. The van der Waals surface area contributed by atoms with Gasteiger partial charge in [0.2, 0.25) is 0 Å². The molecule has 23 heavy (non-hydrogen) atoms. The van der Waals surface area contributed by atoms with Gasteiger partial charge in [0, 0.05) is 18.6 Å². The molecule has 5 heteroatoms. The first-order valence-electron chi connectivity index (χ1n) is 8.30. The Morgan fingerprint density at radius 2 is 2.17 bits per heavy atom. The summed E-state index contributed by atoms with van der Waals surface area (Å²) < 4.78 is 17.1. The maximum absolute atomic E-state index is 5.86. The Kier molecular flexibility index (Phi) is 4.78. The fourth-order valence-electron chi connectivity index (χ4n) is 2.73. The van der Waals surface area contributed by atoms with Crippen LogP contribution in [0, 0.1) is 0 Å². The largest absolute Gasteiger partial charge is 0.490 e. The van der Waals surface area contributed by atoms with Crippen LogP contribution < -0.4 is 15.0 Å². The SMILES string of the molecule is CCCOc1cc(C2=CC3(CCOC3)ON2)ccc1OC(C)C. The highest BCUT2D eigenvalue weighted by molar-refractivity contribution is 5.68. The predicted octanol–water partition coefficient (Wildman–Crippen LogP) is 3.30. The van der Waals surface area contributed by atoms with E-state index in [1.54, 1.807) is 0 Å². The van der Waals surface area contributed by atoms with Gasteiger partial charge in [0.05, 0.1) is 25.0 Å². The van der Waals surface area contributed by atoms with Crippen LogP contribution >= 0.6 is 0 Å². The van der Waals surface area contributed by atoms with E-state index in [1.165, 1.54) is 0 Å². The Morgan fingerprint density at radius 3 is 2.87 bits per heavy atom.